The first-order valence-corrected chi connectivity index (χ1v) is 6.31. The van der Waals surface area contributed by atoms with E-state index in [-0.39, 0.29) is 0 Å². The molecule has 0 bridgehead atoms. The zero-order valence-corrected chi connectivity index (χ0v) is 11.2. The Kier molecular flexibility index (Phi) is 3.79. The molecule has 1 aromatic rings. The van der Waals surface area contributed by atoms with Gasteiger partial charge in [-0.2, -0.15) is 0 Å². The molecule has 1 aliphatic heterocycles. The van der Waals surface area contributed by atoms with Gasteiger partial charge in [-0.25, -0.2) is 0 Å². The SMILES string of the molecule is Cc1ccc([C@H]2CCOC2)c([C@H](C)N(C)C)n1. The Morgan fingerprint density at radius 3 is 2.76 bits per heavy atom. The van der Waals surface area contributed by atoms with Crippen molar-refractivity contribution < 1.29 is 4.74 Å². The molecule has 2 atom stereocenters. The topological polar surface area (TPSA) is 25.4 Å². The van der Waals surface area contributed by atoms with Gasteiger partial charge in [-0.05, 0) is 46.0 Å². The normalized spacial score (nSPS) is 22.1. The molecule has 2 rings (SSSR count). The maximum Gasteiger partial charge on any atom is 0.0611 e. The van der Waals surface area contributed by atoms with Gasteiger partial charge in [-0.3, -0.25) is 4.98 Å². The molecule has 94 valence electrons. The van der Waals surface area contributed by atoms with E-state index in [4.69, 9.17) is 9.72 Å². The molecule has 0 unspecified atom stereocenters. The highest BCUT2D eigenvalue weighted by Gasteiger charge is 2.24. The van der Waals surface area contributed by atoms with Crippen LogP contribution in [0.3, 0.4) is 0 Å². The molecule has 0 amide bonds. The molecule has 0 saturated carbocycles. The van der Waals surface area contributed by atoms with Gasteiger partial charge < -0.3 is 9.64 Å². The highest BCUT2D eigenvalue weighted by molar-refractivity contribution is 5.29. The van der Waals surface area contributed by atoms with E-state index in [2.05, 4.69) is 45.0 Å². The number of aromatic nitrogens is 1. The average molecular weight is 234 g/mol. The maximum absolute atomic E-state index is 5.50. The first-order valence-electron chi connectivity index (χ1n) is 6.31. The third kappa shape index (κ3) is 2.67. The highest BCUT2D eigenvalue weighted by atomic mass is 16.5. The van der Waals surface area contributed by atoms with Crippen LogP contribution in [0.25, 0.3) is 0 Å². The van der Waals surface area contributed by atoms with Crippen molar-refractivity contribution >= 4 is 0 Å². The summed E-state index contributed by atoms with van der Waals surface area (Å²) in [5.41, 5.74) is 3.68. The van der Waals surface area contributed by atoms with Crippen LogP contribution in [0.1, 0.15) is 42.3 Å². The highest BCUT2D eigenvalue weighted by Crippen LogP contribution is 2.31. The van der Waals surface area contributed by atoms with Crippen LogP contribution in [0.2, 0.25) is 0 Å². The first kappa shape index (κ1) is 12.5. The van der Waals surface area contributed by atoms with E-state index in [9.17, 15) is 0 Å². The van der Waals surface area contributed by atoms with Gasteiger partial charge in [0.25, 0.3) is 0 Å². The van der Waals surface area contributed by atoms with Crippen LogP contribution in [0.15, 0.2) is 12.1 Å². The average Bonchev–Trinajstić information content (AvgIpc) is 2.81. The molecular weight excluding hydrogens is 212 g/mol. The van der Waals surface area contributed by atoms with Gasteiger partial charge in [0, 0.05) is 24.3 Å². The minimum atomic E-state index is 0.352. The smallest absolute Gasteiger partial charge is 0.0611 e. The van der Waals surface area contributed by atoms with E-state index in [0.29, 0.717) is 12.0 Å². The summed E-state index contributed by atoms with van der Waals surface area (Å²) in [5.74, 6) is 0.528. The molecule has 3 heteroatoms. The third-order valence-electron chi connectivity index (χ3n) is 3.64. The standard InChI is InChI=1S/C14H22N2O/c1-10-5-6-13(12-7-8-17-9-12)14(15-10)11(2)16(3)4/h5-6,11-12H,7-9H2,1-4H3/t11-,12-/m0/s1. The van der Waals surface area contributed by atoms with Gasteiger partial charge in [-0.15, -0.1) is 0 Å². The second kappa shape index (κ2) is 5.15. The molecule has 0 radical (unpaired) electrons. The fourth-order valence-electron chi connectivity index (χ4n) is 2.29. The van der Waals surface area contributed by atoms with Gasteiger partial charge >= 0.3 is 0 Å². The molecule has 0 spiro atoms. The molecule has 0 aromatic carbocycles. The van der Waals surface area contributed by atoms with Crippen LogP contribution < -0.4 is 0 Å². The molecule has 3 nitrogen and oxygen atoms in total. The Labute approximate surface area is 104 Å². The predicted octanol–water partition coefficient (Wildman–Crippen LogP) is 2.52. The lowest BCUT2D eigenvalue weighted by molar-refractivity contribution is 0.193. The molecule has 1 aromatic heterocycles. The molecule has 1 saturated heterocycles. The minimum Gasteiger partial charge on any atom is -0.381 e. The van der Waals surface area contributed by atoms with E-state index >= 15 is 0 Å². The Bertz CT molecular complexity index is 384. The number of hydrogen-bond donors (Lipinski definition) is 0. The number of rotatable bonds is 3. The number of nitrogens with zero attached hydrogens (tertiary/aromatic N) is 2. The van der Waals surface area contributed by atoms with Crippen molar-refractivity contribution in [2.24, 2.45) is 0 Å². The molecule has 17 heavy (non-hydrogen) atoms. The lowest BCUT2D eigenvalue weighted by Crippen LogP contribution is -2.21. The van der Waals surface area contributed by atoms with Crippen molar-refractivity contribution in [3.05, 3.63) is 29.1 Å². The van der Waals surface area contributed by atoms with Crippen molar-refractivity contribution in [3.63, 3.8) is 0 Å². The molecule has 2 heterocycles. The summed E-state index contributed by atoms with van der Waals surface area (Å²) >= 11 is 0. The van der Waals surface area contributed by atoms with Crippen LogP contribution >= 0.6 is 0 Å². The summed E-state index contributed by atoms with van der Waals surface area (Å²) in [6.45, 7) is 5.99. The van der Waals surface area contributed by atoms with Crippen molar-refractivity contribution in [3.8, 4) is 0 Å². The van der Waals surface area contributed by atoms with Gasteiger partial charge in [0.05, 0.1) is 12.3 Å². The number of pyridine rings is 1. The van der Waals surface area contributed by atoms with E-state index in [1.54, 1.807) is 0 Å². The summed E-state index contributed by atoms with van der Waals surface area (Å²) in [5, 5.41) is 0. The van der Waals surface area contributed by atoms with Gasteiger partial charge in [0.1, 0.15) is 0 Å². The summed E-state index contributed by atoms with van der Waals surface area (Å²) in [7, 11) is 4.20. The van der Waals surface area contributed by atoms with Crippen molar-refractivity contribution in [1.82, 2.24) is 9.88 Å². The first-order chi connectivity index (χ1) is 8.09. The second-order valence-corrected chi connectivity index (χ2v) is 5.13. The second-order valence-electron chi connectivity index (χ2n) is 5.13. The van der Waals surface area contributed by atoms with Crippen LogP contribution in [0.4, 0.5) is 0 Å². The lowest BCUT2D eigenvalue weighted by atomic mass is 9.93. The minimum absolute atomic E-state index is 0.352. The largest absolute Gasteiger partial charge is 0.381 e. The molecular formula is C14H22N2O. The zero-order valence-electron chi connectivity index (χ0n) is 11.2. The predicted molar refractivity (Wildman–Crippen MR) is 69.3 cm³/mol. The zero-order chi connectivity index (χ0) is 12.4. The summed E-state index contributed by atoms with van der Waals surface area (Å²) in [4.78, 5) is 6.95. The Morgan fingerprint density at radius 2 is 2.18 bits per heavy atom. The lowest BCUT2D eigenvalue weighted by Gasteiger charge is -2.24. The van der Waals surface area contributed by atoms with Gasteiger partial charge in [-0.1, -0.05) is 6.07 Å². The van der Waals surface area contributed by atoms with E-state index in [1.165, 1.54) is 11.3 Å². The van der Waals surface area contributed by atoms with Crippen molar-refractivity contribution in [2.75, 3.05) is 27.3 Å². The number of ether oxygens (including phenoxy) is 1. The van der Waals surface area contributed by atoms with Crippen LogP contribution in [0.5, 0.6) is 0 Å². The van der Waals surface area contributed by atoms with Crippen molar-refractivity contribution in [1.29, 1.82) is 0 Å². The summed E-state index contributed by atoms with van der Waals surface area (Å²) in [6.07, 6.45) is 1.12. The van der Waals surface area contributed by atoms with Crippen LogP contribution in [-0.4, -0.2) is 37.2 Å². The van der Waals surface area contributed by atoms with Gasteiger partial charge in [0.15, 0.2) is 0 Å². The Morgan fingerprint density at radius 1 is 1.41 bits per heavy atom. The van der Waals surface area contributed by atoms with Gasteiger partial charge in [0.2, 0.25) is 0 Å². The van der Waals surface area contributed by atoms with E-state index in [0.717, 1.165) is 25.3 Å². The fourth-order valence-corrected chi connectivity index (χ4v) is 2.29. The molecule has 1 aliphatic rings. The fraction of sp³-hybridized carbons (Fsp3) is 0.643. The third-order valence-corrected chi connectivity index (χ3v) is 3.64. The summed E-state index contributed by atoms with van der Waals surface area (Å²) in [6, 6.07) is 4.70. The number of aryl methyl sites for hydroxylation is 1. The quantitative estimate of drug-likeness (QED) is 0.803. The molecule has 0 aliphatic carbocycles. The van der Waals surface area contributed by atoms with Crippen molar-refractivity contribution in [2.45, 2.75) is 32.2 Å². The van der Waals surface area contributed by atoms with E-state index in [1.807, 2.05) is 0 Å². The monoisotopic (exact) mass is 234 g/mol. The van der Waals surface area contributed by atoms with Crippen LogP contribution in [0, 0.1) is 6.92 Å². The Balaban J connectivity index is 2.36. The molecule has 1 fully saturated rings. The molecule has 0 N–H and O–H groups in total. The Hall–Kier alpha value is -0.930. The number of hydrogen-bond acceptors (Lipinski definition) is 3. The summed E-state index contributed by atoms with van der Waals surface area (Å²) < 4.78 is 5.50. The maximum atomic E-state index is 5.50. The van der Waals surface area contributed by atoms with Crippen LogP contribution in [-0.2, 0) is 4.74 Å². The van der Waals surface area contributed by atoms with E-state index < -0.39 is 0 Å².